The Morgan fingerprint density at radius 3 is 2.60 bits per heavy atom. The second-order valence-corrected chi connectivity index (χ2v) is 6.40. The minimum Gasteiger partial charge on any atom is -0.439 e. The fraction of sp³-hybridized carbons (Fsp3) is 0.0952. The molecule has 2 N–H and O–H groups in total. The second kappa shape index (κ2) is 8.24. The number of rotatable bonds is 6. The molecule has 2 aromatic carbocycles. The van der Waals surface area contributed by atoms with Crippen molar-refractivity contribution in [3.63, 3.8) is 0 Å². The highest BCUT2D eigenvalue weighted by atomic mass is 19.3. The van der Waals surface area contributed by atoms with Gasteiger partial charge in [0.25, 0.3) is 12.3 Å². The Morgan fingerprint density at radius 2 is 1.90 bits per heavy atom. The number of halogens is 3. The van der Waals surface area contributed by atoms with Crippen molar-refractivity contribution in [1.82, 2.24) is 20.3 Å². The molecule has 4 rings (SSSR count). The lowest BCUT2D eigenvalue weighted by Gasteiger charge is -2.07. The van der Waals surface area contributed by atoms with E-state index in [1.807, 2.05) is 0 Å². The molecular weight excluding hydrogens is 397 g/mol. The third kappa shape index (κ3) is 4.40. The topological polar surface area (TPSA) is 79.9 Å². The van der Waals surface area contributed by atoms with Crippen LogP contribution in [0.15, 0.2) is 60.8 Å². The maximum Gasteiger partial charge on any atom is 0.295 e. The van der Waals surface area contributed by atoms with Crippen LogP contribution in [-0.4, -0.2) is 20.9 Å². The molecule has 0 bridgehead atoms. The Kier molecular flexibility index (Phi) is 5.34. The highest BCUT2D eigenvalue weighted by Crippen LogP contribution is 2.21. The molecule has 1 amide bonds. The van der Waals surface area contributed by atoms with Crippen molar-refractivity contribution < 1.29 is 22.7 Å². The van der Waals surface area contributed by atoms with Gasteiger partial charge in [0, 0.05) is 24.4 Å². The number of amides is 1. The summed E-state index contributed by atoms with van der Waals surface area (Å²) in [6, 6.07) is 13.4. The average molecular weight is 412 g/mol. The fourth-order valence-electron chi connectivity index (χ4n) is 2.76. The number of nitrogens with one attached hydrogen (secondary N) is 2. The van der Waals surface area contributed by atoms with Gasteiger partial charge in [0.2, 0.25) is 5.88 Å². The zero-order chi connectivity index (χ0) is 21.1. The van der Waals surface area contributed by atoms with E-state index in [2.05, 4.69) is 20.3 Å². The van der Waals surface area contributed by atoms with Crippen molar-refractivity contribution in [2.45, 2.75) is 13.0 Å². The standard InChI is InChI=1S/C21H15F3N4O2/c22-14-3-5-15(6-4-14)30-18-8-1-12(10-25-18)11-26-21(29)13-2-7-16-17(9-13)28-20(27-16)19(23)24/h1-10,19H,11H2,(H,26,29)(H,27,28). The van der Waals surface area contributed by atoms with Crippen LogP contribution in [0.5, 0.6) is 11.6 Å². The van der Waals surface area contributed by atoms with Crippen LogP contribution < -0.4 is 10.1 Å². The summed E-state index contributed by atoms with van der Waals surface area (Å²) >= 11 is 0. The first kappa shape index (κ1) is 19.4. The predicted octanol–water partition coefficient (Wildman–Crippen LogP) is 4.76. The van der Waals surface area contributed by atoms with E-state index >= 15 is 0 Å². The van der Waals surface area contributed by atoms with Crippen LogP contribution in [0.1, 0.15) is 28.2 Å². The predicted molar refractivity (Wildman–Crippen MR) is 103 cm³/mol. The average Bonchev–Trinajstić information content (AvgIpc) is 3.18. The van der Waals surface area contributed by atoms with Crippen LogP contribution in [0.2, 0.25) is 0 Å². The molecule has 0 atom stereocenters. The molecule has 0 aliphatic heterocycles. The number of hydrogen-bond acceptors (Lipinski definition) is 4. The normalized spacial score (nSPS) is 11.1. The summed E-state index contributed by atoms with van der Waals surface area (Å²) in [6.45, 7) is 0.214. The van der Waals surface area contributed by atoms with Crippen molar-refractivity contribution in [2.24, 2.45) is 0 Å². The Labute approximate surface area is 168 Å². The maximum atomic E-state index is 12.9. The highest BCUT2D eigenvalue weighted by Gasteiger charge is 2.14. The van der Waals surface area contributed by atoms with E-state index in [9.17, 15) is 18.0 Å². The molecule has 30 heavy (non-hydrogen) atoms. The third-order valence-corrected chi connectivity index (χ3v) is 4.26. The lowest BCUT2D eigenvalue weighted by atomic mass is 10.2. The third-order valence-electron chi connectivity index (χ3n) is 4.26. The minimum absolute atomic E-state index is 0.214. The molecule has 0 aliphatic carbocycles. The molecule has 0 saturated carbocycles. The van der Waals surface area contributed by atoms with Gasteiger partial charge in [-0.15, -0.1) is 0 Å². The number of imidazole rings is 1. The number of alkyl halides is 2. The number of benzene rings is 2. The molecule has 0 unspecified atom stereocenters. The van der Waals surface area contributed by atoms with Gasteiger partial charge in [-0.1, -0.05) is 6.07 Å². The summed E-state index contributed by atoms with van der Waals surface area (Å²) in [5.41, 5.74) is 1.78. The van der Waals surface area contributed by atoms with E-state index in [1.54, 1.807) is 18.3 Å². The quantitative estimate of drug-likeness (QED) is 0.479. The number of H-pyrrole nitrogens is 1. The van der Waals surface area contributed by atoms with E-state index in [4.69, 9.17) is 4.74 Å². The molecule has 0 saturated heterocycles. The summed E-state index contributed by atoms with van der Waals surface area (Å²) in [5.74, 6) is -0.374. The number of ether oxygens (including phenoxy) is 1. The lowest BCUT2D eigenvalue weighted by Crippen LogP contribution is -2.22. The number of carbonyl (C=O) groups is 1. The van der Waals surface area contributed by atoms with Gasteiger partial charge in [-0.3, -0.25) is 4.79 Å². The van der Waals surface area contributed by atoms with Gasteiger partial charge in [0.15, 0.2) is 5.82 Å². The summed E-state index contributed by atoms with van der Waals surface area (Å²) in [5, 5.41) is 2.74. The van der Waals surface area contributed by atoms with Crippen LogP contribution in [0.3, 0.4) is 0 Å². The molecule has 9 heteroatoms. The Balaban J connectivity index is 1.37. The Bertz CT molecular complexity index is 1180. The molecule has 0 radical (unpaired) electrons. The molecular formula is C21H15F3N4O2. The van der Waals surface area contributed by atoms with E-state index < -0.39 is 12.2 Å². The Morgan fingerprint density at radius 1 is 1.10 bits per heavy atom. The van der Waals surface area contributed by atoms with Gasteiger partial charge in [0.1, 0.15) is 11.6 Å². The molecule has 0 spiro atoms. The molecule has 152 valence electrons. The van der Waals surface area contributed by atoms with Gasteiger partial charge in [-0.2, -0.15) is 0 Å². The summed E-state index contributed by atoms with van der Waals surface area (Å²) in [4.78, 5) is 22.8. The molecule has 0 aliphatic rings. The number of hydrogen-bond donors (Lipinski definition) is 2. The highest BCUT2D eigenvalue weighted by molar-refractivity contribution is 5.97. The van der Waals surface area contributed by atoms with Crippen LogP contribution in [0.4, 0.5) is 13.2 Å². The van der Waals surface area contributed by atoms with Gasteiger partial charge < -0.3 is 15.0 Å². The van der Waals surface area contributed by atoms with Crippen LogP contribution in [0.25, 0.3) is 11.0 Å². The van der Waals surface area contributed by atoms with Gasteiger partial charge in [0.05, 0.1) is 11.0 Å². The van der Waals surface area contributed by atoms with Crippen molar-refractivity contribution in [2.75, 3.05) is 0 Å². The molecule has 6 nitrogen and oxygen atoms in total. The minimum atomic E-state index is -2.71. The molecule has 2 aromatic heterocycles. The fourth-order valence-corrected chi connectivity index (χ4v) is 2.76. The molecule has 0 fully saturated rings. The van der Waals surface area contributed by atoms with Crippen molar-refractivity contribution in [1.29, 1.82) is 0 Å². The SMILES string of the molecule is O=C(NCc1ccc(Oc2ccc(F)cc2)nc1)c1ccc2nc(C(F)F)[nH]c2c1. The first-order chi connectivity index (χ1) is 14.5. The van der Waals surface area contributed by atoms with E-state index in [0.29, 0.717) is 28.2 Å². The van der Waals surface area contributed by atoms with E-state index in [1.165, 1.54) is 42.5 Å². The van der Waals surface area contributed by atoms with Crippen molar-refractivity contribution >= 4 is 16.9 Å². The number of aromatic amines is 1. The van der Waals surface area contributed by atoms with Crippen LogP contribution in [-0.2, 0) is 6.54 Å². The summed E-state index contributed by atoms with van der Waals surface area (Å²) < 4.78 is 43.9. The monoisotopic (exact) mass is 412 g/mol. The van der Waals surface area contributed by atoms with Crippen molar-refractivity contribution in [3.8, 4) is 11.6 Å². The van der Waals surface area contributed by atoms with E-state index in [0.717, 1.165) is 5.56 Å². The first-order valence-corrected chi connectivity index (χ1v) is 8.92. The molecule has 2 heterocycles. The Hall–Kier alpha value is -3.88. The zero-order valence-corrected chi connectivity index (χ0v) is 15.4. The number of pyridine rings is 1. The number of aromatic nitrogens is 3. The van der Waals surface area contributed by atoms with Gasteiger partial charge >= 0.3 is 0 Å². The van der Waals surface area contributed by atoms with Crippen LogP contribution >= 0.6 is 0 Å². The molecule has 4 aromatic rings. The van der Waals surface area contributed by atoms with Gasteiger partial charge in [-0.05, 0) is 48.0 Å². The van der Waals surface area contributed by atoms with E-state index in [-0.39, 0.29) is 18.3 Å². The van der Waals surface area contributed by atoms with Crippen LogP contribution in [0, 0.1) is 5.82 Å². The zero-order valence-electron chi connectivity index (χ0n) is 15.4. The number of fused-ring (bicyclic) bond motifs is 1. The summed E-state index contributed by atoms with van der Waals surface area (Å²) in [6.07, 6.45) is -1.16. The number of nitrogens with zero attached hydrogens (tertiary/aromatic N) is 2. The maximum absolute atomic E-state index is 12.9. The number of carbonyl (C=O) groups excluding carboxylic acids is 1. The second-order valence-electron chi connectivity index (χ2n) is 6.40. The lowest BCUT2D eigenvalue weighted by molar-refractivity contribution is 0.0951. The largest absolute Gasteiger partial charge is 0.439 e. The van der Waals surface area contributed by atoms with Crippen molar-refractivity contribution in [3.05, 3.63) is 83.6 Å². The summed E-state index contributed by atoms with van der Waals surface area (Å²) in [7, 11) is 0. The first-order valence-electron chi connectivity index (χ1n) is 8.92. The smallest absolute Gasteiger partial charge is 0.295 e. The van der Waals surface area contributed by atoms with Gasteiger partial charge in [-0.25, -0.2) is 23.1 Å².